The molecule has 0 saturated carbocycles. The third-order valence-electron chi connectivity index (χ3n) is 4.74. The predicted molar refractivity (Wildman–Crippen MR) is 110 cm³/mol. The van der Waals surface area contributed by atoms with E-state index in [-0.39, 0.29) is 17.5 Å². The topological polar surface area (TPSA) is 74.8 Å². The molecule has 26 heavy (non-hydrogen) atoms. The van der Waals surface area contributed by atoms with Crippen molar-refractivity contribution in [3.8, 4) is 0 Å². The number of fused-ring (bicyclic) bond motifs is 3. The van der Waals surface area contributed by atoms with Gasteiger partial charge in [-0.25, -0.2) is 4.98 Å². The van der Waals surface area contributed by atoms with Gasteiger partial charge in [0, 0.05) is 10.9 Å². The van der Waals surface area contributed by atoms with Gasteiger partial charge in [-0.1, -0.05) is 26.2 Å². The van der Waals surface area contributed by atoms with E-state index < -0.39 is 0 Å². The first-order valence-corrected chi connectivity index (χ1v) is 11.5. The first-order valence-electron chi connectivity index (χ1n) is 9.49. The van der Waals surface area contributed by atoms with Crippen LogP contribution >= 0.6 is 23.1 Å². The standard InChI is InChI=1S/C19H27N3O2S2/c1-3-4-5-7-12(2)20-16(23)11-25-10-15-21-18(24)17-13-8-6-9-14(13)26-19(17)22-15/h12H,3-11H2,1-2H3,(H,20,23)(H,21,22,24). The molecule has 0 spiro atoms. The van der Waals surface area contributed by atoms with E-state index in [2.05, 4.69) is 29.1 Å². The minimum atomic E-state index is -0.0287. The number of nitrogens with one attached hydrogen (secondary N) is 2. The fraction of sp³-hybridized carbons (Fsp3) is 0.632. The minimum Gasteiger partial charge on any atom is -0.353 e. The van der Waals surface area contributed by atoms with Crippen molar-refractivity contribution in [2.24, 2.45) is 0 Å². The molecule has 2 aromatic heterocycles. The summed E-state index contributed by atoms with van der Waals surface area (Å²) in [4.78, 5) is 34.1. The van der Waals surface area contributed by atoms with Crippen molar-refractivity contribution in [3.63, 3.8) is 0 Å². The summed E-state index contributed by atoms with van der Waals surface area (Å²) < 4.78 is 0. The van der Waals surface area contributed by atoms with Gasteiger partial charge in [0.2, 0.25) is 5.91 Å². The van der Waals surface area contributed by atoms with Crippen molar-refractivity contribution in [2.75, 3.05) is 5.75 Å². The lowest BCUT2D eigenvalue weighted by atomic mass is 10.1. The summed E-state index contributed by atoms with van der Waals surface area (Å²) in [6, 6.07) is 0.220. The van der Waals surface area contributed by atoms with Gasteiger partial charge in [0.05, 0.1) is 16.9 Å². The zero-order valence-electron chi connectivity index (χ0n) is 15.5. The SMILES string of the molecule is CCCCCC(C)NC(=O)CSCc1nc2sc3c(c2c(=O)[nH]1)CCC3. The number of thioether (sulfide) groups is 1. The van der Waals surface area contributed by atoms with E-state index in [0.29, 0.717) is 17.3 Å². The summed E-state index contributed by atoms with van der Waals surface area (Å²) in [6.07, 6.45) is 7.78. The summed E-state index contributed by atoms with van der Waals surface area (Å²) in [7, 11) is 0. The maximum atomic E-state index is 12.4. The molecule has 0 fully saturated rings. The van der Waals surface area contributed by atoms with Crippen LogP contribution in [0.25, 0.3) is 10.2 Å². The molecule has 1 aliphatic rings. The molecule has 3 rings (SSSR count). The fourth-order valence-electron chi connectivity index (χ4n) is 3.44. The van der Waals surface area contributed by atoms with Crippen LogP contribution in [0.3, 0.4) is 0 Å². The van der Waals surface area contributed by atoms with Crippen LogP contribution in [0.1, 0.15) is 62.2 Å². The molecule has 142 valence electrons. The number of carbonyl (C=O) groups excluding carboxylic acids is 1. The Labute approximate surface area is 162 Å². The van der Waals surface area contributed by atoms with Gasteiger partial charge >= 0.3 is 0 Å². The average molecular weight is 394 g/mol. The van der Waals surface area contributed by atoms with Gasteiger partial charge in [-0.05, 0) is 38.2 Å². The highest BCUT2D eigenvalue weighted by molar-refractivity contribution is 7.99. The maximum absolute atomic E-state index is 12.4. The highest BCUT2D eigenvalue weighted by Gasteiger charge is 2.21. The zero-order chi connectivity index (χ0) is 18.5. The van der Waals surface area contributed by atoms with Gasteiger partial charge < -0.3 is 10.3 Å². The fourth-order valence-corrected chi connectivity index (χ4v) is 5.43. The van der Waals surface area contributed by atoms with Crippen molar-refractivity contribution in [1.82, 2.24) is 15.3 Å². The third kappa shape index (κ3) is 4.68. The highest BCUT2D eigenvalue weighted by atomic mass is 32.2. The van der Waals surface area contributed by atoms with E-state index in [0.717, 1.165) is 42.3 Å². The lowest BCUT2D eigenvalue weighted by Crippen LogP contribution is -2.33. The number of aryl methyl sites for hydroxylation is 2. The van der Waals surface area contributed by atoms with Crippen LogP contribution < -0.4 is 10.9 Å². The Hall–Kier alpha value is -1.34. The molecule has 2 heterocycles. The number of nitrogens with zero attached hydrogens (tertiary/aromatic N) is 1. The number of rotatable bonds is 9. The number of thiophene rings is 1. The molecule has 2 aromatic rings. The minimum absolute atomic E-state index is 0.0287. The molecule has 0 bridgehead atoms. The van der Waals surface area contributed by atoms with Gasteiger partial charge in [-0.3, -0.25) is 9.59 Å². The second kappa shape index (κ2) is 9.04. The van der Waals surface area contributed by atoms with Gasteiger partial charge in [0.15, 0.2) is 0 Å². The van der Waals surface area contributed by atoms with Crippen LogP contribution in [0, 0.1) is 0 Å². The van der Waals surface area contributed by atoms with Gasteiger partial charge in [-0.15, -0.1) is 23.1 Å². The molecule has 0 aliphatic heterocycles. The van der Waals surface area contributed by atoms with E-state index in [1.807, 2.05) is 0 Å². The van der Waals surface area contributed by atoms with Crippen LogP contribution in [-0.2, 0) is 23.4 Å². The molecule has 1 amide bonds. The van der Waals surface area contributed by atoms with Crippen LogP contribution in [0.5, 0.6) is 0 Å². The van der Waals surface area contributed by atoms with E-state index >= 15 is 0 Å². The van der Waals surface area contributed by atoms with E-state index in [1.54, 1.807) is 11.3 Å². The monoisotopic (exact) mass is 393 g/mol. The number of H-pyrrole nitrogens is 1. The first kappa shape index (κ1) is 19.4. The molecule has 0 radical (unpaired) electrons. The Morgan fingerprint density at radius 1 is 1.38 bits per heavy atom. The number of aromatic nitrogens is 2. The normalized spacial score (nSPS) is 14.5. The summed E-state index contributed by atoms with van der Waals surface area (Å²) in [5.74, 6) is 1.65. The Kier molecular flexibility index (Phi) is 6.75. The number of hydrogen-bond donors (Lipinski definition) is 2. The number of hydrogen-bond acceptors (Lipinski definition) is 5. The Morgan fingerprint density at radius 3 is 3.04 bits per heavy atom. The van der Waals surface area contributed by atoms with Crippen LogP contribution in [-0.4, -0.2) is 27.7 Å². The van der Waals surface area contributed by atoms with Crippen LogP contribution in [0.2, 0.25) is 0 Å². The molecule has 7 heteroatoms. The lowest BCUT2D eigenvalue weighted by molar-refractivity contribution is -0.119. The second-order valence-electron chi connectivity index (χ2n) is 7.01. The zero-order valence-corrected chi connectivity index (χ0v) is 17.2. The van der Waals surface area contributed by atoms with Gasteiger partial charge in [0.25, 0.3) is 5.56 Å². The molecule has 1 aliphatic carbocycles. The third-order valence-corrected chi connectivity index (χ3v) is 6.87. The number of amides is 1. The summed E-state index contributed by atoms with van der Waals surface area (Å²) in [5.41, 5.74) is 1.17. The highest BCUT2D eigenvalue weighted by Crippen LogP contribution is 2.34. The van der Waals surface area contributed by atoms with Gasteiger partial charge in [-0.2, -0.15) is 0 Å². The van der Waals surface area contributed by atoms with Crippen LogP contribution in [0.15, 0.2) is 4.79 Å². The Balaban J connectivity index is 1.51. The van der Waals surface area contributed by atoms with Crippen molar-refractivity contribution in [1.29, 1.82) is 0 Å². The molecule has 0 aromatic carbocycles. The molecule has 5 nitrogen and oxygen atoms in total. The number of aromatic amines is 1. The molecular formula is C19H27N3O2S2. The number of carbonyl (C=O) groups is 1. The lowest BCUT2D eigenvalue weighted by Gasteiger charge is -2.13. The van der Waals surface area contributed by atoms with Crippen molar-refractivity contribution >= 4 is 39.2 Å². The largest absolute Gasteiger partial charge is 0.353 e. The summed E-state index contributed by atoms with van der Waals surface area (Å²) in [5, 5.41) is 3.83. The Bertz CT molecular complexity index is 828. The average Bonchev–Trinajstić information content (AvgIpc) is 3.15. The second-order valence-corrected chi connectivity index (χ2v) is 9.08. The predicted octanol–water partition coefficient (Wildman–Crippen LogP) is 3.79. The van der Waals surface area contributed by atoms with Crippen molar-refractivity contribution < 1.29 is 4.79 Å². The van der Waals surface area contributed by atoms with Crippen LogP contribution in [0.4, 0.5) is 0 Å². The summed E-state index contributed by atoms with van der Waals surface area (Å²) in [6.45, 7) is 4.24. The molecule has 1 unspecified atom stereocenters. The molecular weight excluding hydrogens is 366 g/mol. The quantitative estimate of drug-likeness (QED) is 0.636. The number of unbranched alkanes of at least 4 members (excludes halogenated alkanes) is 2. The maximum Gasteiger partial charge on any atom is 0.259 e. The molecule has 0 saturated heterocycles. The van der Waals surface area contributed by atoms with E-state index in [4.69, 9.17) is 0 Å². The van der Waals surface area contributed by atoms with Crippen molar-refractivity contribution in [2.45, 2.75) is 70.6 Å². The van der Waals surface area contributed by atoms with Gasteiger partial charge in [0.1, 0.15) is 10.7 Å². The van der Waals surface area contributed by atoms with E-state index in [9.17, 15) is 9.59 Å². The first-order chi connectivity index (χ1) is 12.6. The van der Waals surface area contributed by atoms with Crippen molar-refractivity contribution in [3.05, 3.63) is 26.6 Å². The Morgan fingerprint density at radius 2 is 2.23 bits per heavy atom. The molecule has 2 N–H and O–H groups in total. The molecule has 1 atom stereocenters. The smallest absolute Gasteiger partial charge is 0.259 e. The van der Waals surface area contributed by atoms with E-state index in [1.165, 1.54) is 35.0 Å². The summed E-state index contributed by atoms with van der Waals surface area (Å²) >= 11 is 3.15.